The Morgan fingerprint density at radius 2 is 2.05 bits per heavy atom. The summed E-state index contributed by atoms with van der Waals surface area (Å²) in [5, 5.41) is 7.58. The third-order valence-electron chi connectivity index (χ3n) is 3.01. The molecule has 2 heterocycles. The second kappa shape index (κ2) is 6.22. The molecule has 0 unspecified atom stereocenters. The molecule has 6 nitrogen and oxygen atoms in total. The normalized spacial score (nSPS) is 11.7. The molecule has 0 bridgehead atoms. The van der Waals surface area contributed by atoms with Crippen LogP contribution in [0.1, 0.15) is 39.0 Å². The molecule has 2 aromatic heterocycles. The standard InChI is InChI=1S/C15H23N5O/c1-6-20-10-13(9-18-20)21-14-16-7-12(11(2)19-14)8-17-15(3,4)5/h7,9-10,17H,6,8H2,1-5H3. The number of nitrogens with one attached hydrogen (secondary N) is 1. The first-order valence-electron chi connectivity index (χ1n) is 7.15. The van der Waals surface area contributed by atoms with Gasteiger partial charge in [0, 0.05) is 36.1 Å². The van der Waals surface area contributed by atoms with Gasteiger partial charge in [-0.25, -0.2) is 4.98 Å². The van der Waals surface area contributed by atoms with Crippen LogP contribution in [0.25, 0.3) is 0 Å². The number of aryl methyl sites for hydroxylation is 2. The van der Waals surface area contributed by atoms with Crippen molar-refractivity contribution in [1.29, 1.82) is 0 Å². The summed E-state index contributed by atoms with van der Waals surface area (Å²) in [5.41, 5.74) is 2.05. The van der Waals surface area contributed by atoms with Gasteiger partial charge in [0.15, 0.2) is 5.75 Å². The van der Waals surface area contributed by atoms with E-state index in [1.807, 2.05) is 20.0 Å². The summed E-state index contributed by atoms with van der Waals surface area (Å²) in [7, 11) is 0. The van der Waals surface area contributed by atoms with Gasteiger partial charge < -0.3 is 10.1 Å². The molecule has 0 radical (unpaired) electrons. The van der Waals surface area contributed by atoms with Gasteiger partial charge in [0.25, 0.3) is 0 Å². The minimum absolute atomic E-state index is 0.0658. The van der Waals surface area contributed by atoms with Crippen molar-refractivity contribution in [2.75, 3.05) is 0 Å². The summed E-state index contributed by atoms with van der Waals surface area (Å²) in [6.45, 7) is 11.9. The quantitative estimate of drug-likeness (QED) is 0.916. The van der Waals surface area contributed by atoms with Gasteiger partial charge in [-0.15, -0.1) is 0 Å². The zero-order chi connectivity index (χ0) is 15.5. The van der Waals surface area contributed by atoms with Crippen LogP contribution in [0.3, 0.4) is 0 Å². The van der Waals surface area contributed by atoms with Crippen molar-refractivity contribution < 1.29 is 4.74 Å². The van der Waals surface area contributed by atoms with Crippen molar-refractivity contribution in [2.45, 2.75) is 53.2 Å². The van der Waals surface area contributed by atoms with Gasteiger partial charge in [-0.1, -0.05) is 0 Å². The Kier molecular flexibility index (Phi) is 4.57. The molecule has 0 amide bonds. The van der Waals surface area contributed by atoms with Crippen molar-refractivity contribution in [3.63, 3.8) is 0 Å². The van der Waals surface area contributed by atoms with Crippen molar-refractivity contribution in [1.82, 2.24) is 25.1 Å². The van der Waals surface area contributed by atoms with Crippen molar-refractivity contribution in [3.8, 4) is 11.8 Å². The third-order valence-corrected chi connectivity index (χ3v) is 3.01. The Bertz CT molecular complexity index is 600. The molecule has 2 rings (SSSR count). The van der Waals surface area contributed by atoms with Crippen LogP contribution in [0, 0.1) is 6.92 Å². The molecule has 6 heteroatoms. The molecular formula is C15H23N5O. The van der Waals surface area contributed by atoms with Crippen LogP contribution >= 0.6 is 0 Å². The predicted octanol–water partition coefficient (Wildman–Crippen LogP) is 2.68. The molecule has 0 spiro atoms. The molecule has 0 aliphatic rings. The lowest BCUT2D eigenvalue weighted by Crippen LogP contribution is -2.35. The molecule has 0 saturated heterocycles. The number of hydrogen-bond acceptors (Lipinski definition) is 5. The topological polar surface area (TPSA) is 64.9 Å². The Hall–Kier alpha value is -1.95. The van der Waals surface area contributed by atoms with Crippen LogP contribution in [0.5, 0.6) is 11.8 Å². The fourth-order valence-electron chi connectivity index (χ4n) is 1.73. The SMILES string of the molecule is CCn1cc(Oc2ncc(CNC(C)(C)C)c(C)n2)cn1. The van der Waals surface area contributed by atoms with E-state index < -0.39 is 0 Å². The van der Waals surface area contributed by atoms with Gasteiger partial charge in [0.2, 0.25) is 0 Å². The van der Waals surface area contributed by atoms with Crippen LogP contribution in [-0.2, 0) is 13.1 Å². The molecule has 0 aliphatic carbocycles. The summed E-state index contributed by atoms with van der Waals surface area (Å²) in [6.07, 6.45) is 5.30. The second-order valence-corrected chi connectivity index (χ2v) is 6.00. The monoisotopic (exact) mass is 289 g/mol. The number of rotatable bonds is 5. The van der Waals surface area contributed by atoms with Crippen molar-refractivity contribution >= 4 is 0 Å². The fraction of sp³-hybridized carbons (Fsp3) is 0.533. The highest BCUT2D eigenvalue weighted by Gasteiger charge is 2.11. The number of nitrogens with zero attached hydrogens (tertiary/aromatic N) is 4. The molecule has 0 fully saturated rings. The van der Waals surface area contributed by atoms with Crippen LogP contribution in [0.2, 0.25) is 0 Å². The molecule has 0 aliphatic heterocycles. The summed E-state index contributed by atoms with van der Waals surface area (Å²) in [4.78, 5) is 8.65. The maximum Gasteiger partial charge on any atom is 0.322 e. The summed E-state index contributed by atoms with van der Waals surface area (Å²) >= 11 is 0. The Morgan fingerprint density at radius 3 is 2.62 bits per heavy atom. The molecule has 21 heavy (non-hydrogen) atoms. The average molecular weight is 289 g/mol. The predicted molar refractivity (Wildman–Crippen MR) is 81.3 cm³/mol. The smallest absolute Gasteiger partial charge is 0.322 e. The van der Waals surface area contributed by atoms with E-state index >= 15 is 0 Å². The van der Waals surface area contributed by atoms with E-state index in [-0.39, 0.29) is 5.54 Å². The average Bonchev–Trinajstić information content (AvgIpc) is 2.84. The van der Waals surface area contributed by atoms with Crippen LogP contribution in [0.15, 0.2) is 18.6 Å². The minimum atomic E-state index is 0.0658. The van der Waals surface area contributed by atoms with Gasteiger partial charge in [-0.2, -0.15) is 10.1 Å². The van der Waals surface area contributed by atoms with E-state index in [4.69, 9.17) is 4.74 Å². The molecule has 0 aromatic carbocycles. The maximum atomic E-state index is 5.62. The number of ether oxygens (including phenoxy) is 1. The maximum absolute atomic E-state index is 5.62. The first-order valence-corrected chi connectivity index (χ1v) is 7.15. The Labute approximate surface area is 125 Å². The van der Waals surface area contributed by atoms with Gasteiger partial charge in [0.1, 0.15) is 0 Å². The summed E-state index contributed by atoms with van der Waals surface area (Å²) in [5.74, 6) is 0.650. The van der Waals surface area contributed by atoms with Crippen LogP contribution in [0.4, 0.5) is 0 Å². The van der Waals surface area contributed by atoms with E-state index in [2.05, 4.69) is 41.2 Å². The third kappa shape index (κ3) is 4.53. The summed E-state index contributed by atoms with van der Waals surface area (Å²) in [6, 6.07) is 0.350. The highest BCUT2D eigenvalue weighted by molar-refractivity contribution is 5.21. The lowest BCUT2D eigenvalue weighted by atomic mass is 10.1. The Morgan fingerprint density at radius 1 is 1.29 bits per heavy atom. The van der Waals surface area contributed by atoms with Gasteiger partial charge >= 0.3 is 6.01 Å². The van der Waals surface area contributed by atoms with E-state index in [9.17, 15) is 0 Å². The van der Waals surface area contributed by atoms with Crippen LogP contribution < -0.4 is 10.1 Å². The number of hydrogen-bond donors (Lipinski definition) is 1. The van der Waals surface area contributed by atoms with E-state index in [0.717, 1.165) is 24.3 Å². The second-order valence-electron chi connectivity index (χ2n) is 6.00. The first-order chi connectivity index (χ1) is 9.87. The molecular weight excluding hydrogens is 266 g/mol. The van der Waals surface area contributed by atoms with E-state index in [0.29, 0.717) is 11.8 Å². The molecule has 1 N–H and O–H groups in total. The Balaban J connectivity index is 2.04. The van der Waals surface area contributed by atoms with Crippen molar-refractivity contribution in [3.05, 3.63) is 29.8 Å². The molecule has 2 aromatic rings. The summed E-state index contributed by atoms with van der Waals surface area (Å²) < 4.78 is 7.41. The van der Waals surface area contributed by atoms with Crippen LogP contribution in [-0.4, -0.2) is 25.3 Å². The van der Waals surface area contributed by atoms with E-state index in [1.54, 1.807) is 17.1 Å². The van der Waals surface area contributed by atoms with E-state index in [1.165, 1.54) is 0 Å². The number of aromatic nitrogens is 4. The minimum Gasteiger partial charge on any atom is -0.421 e. The fourth-order valence-corrected chi connectivity index (χ4v) is 1.73. The van der Waals surface area contributed by atoms with Gasteiger partial charge in [-0.3, -0.25) is 4.68 Å². The zero-order valence-corrected chi connectivity index (χ0v) is 13.3. The van der Waals surface area contributed by atoms with Crippen molar-refractivity contribution in [2.24, 2.45) is 0 Å². The van der Waals surface area contributed by atoms with Gasteiger partial charge in [0.05, 0.1) is 12.4 Å². The molecule has 0 saturated carbocycles. The zero-order valence-electron chi connectivity index (χ0n) is 13.3. The lowest BCUT2D eigenvalue weighted by molar-refractivity contribution is 0.418. The molecule has 114 valence electrons. The molecule has 0 atom stereocenters. The largest absolute Gasteiger partial charge is 0.421 e. The highest BCUT2D eigenvalue weighted by atomic mass is 16.5. The highest BCUT2D eigenvalue weighted by Crippen LogP contribution is 2.18. The van der Waals surface area contributed by atoms with Gasteiger partial charge in [-0.05, 0) is 34.6 Å². The lowest BCUT2D eigenvalue weighted by Gasteiger charge is -2.20. The first kappa shape index (κ1) is 15.4.